The van der Waals surface area contributed by atoms with Crippen molar-refractivity contribution in [3.8, 4) is 11.3 Å². The molecule has 2 N–H and O–H groups in total. The summed E-state index contributed by atoms with van der Waals surface area (Å²) in [5.41, 5.74) is 2.56. The molecule has 0 aliphatic carbocycles. The highest BCUT2D eigenvalue weighted by Gasteiger charge is 2.21. The lowest BCUT2D eigenvalue weighted by atomic mass is 10.1. The lowest BCUT2D eigenvalue weighted by Gasteiger charge is -2.15. The number of amides is 1. The summed E-state index contributed by atoms with van der Waals surface area (Å²) in [7, 11) is 0. The van der Waals surface area contributed by atoms with Gasteiger partial charge in [0, 0.05) is 20.9 Å². The lowest BCUT2D eigenvalue weighted by Crippen LogP contribution is -2.17. The predicted octanol–water partition coefficient (Wildman–Crippen LogP) is 6.88. The highest BCUT2D eigenvalue weighted by molar-refractivity contribution is 7.99. The molecule has 0 aliphatic rings. The number of aliphatic carboxylic acids is 1. The van der Waals surface area contributed by atoms with Gasteiger partial charge in [-0.3, -0.25) is 10.1 Å². The Kier molecular flexibility index (Phi) is 7.70. The molecule has 0 fully saturated rings. The Labute approximate surface area is 211 Å². The average Bonchev–Trinajstić information content (AvgIpc) is 3.20. The molecule has 7 nitrogen and oxygen atoms in total. The summed E-state index contributed by atoms with van der Waals surface area (Å²) in [4.78, 5) is 25.3. The largest absolute Gasteiger partial charge is 0.481 e. The molecular weight excluding hydrogens is 483 g/mol. The summed E-state index contributed by atoms with van der Waals surface area (Å²) in [6.45, 7) is 3.29. The maximum atomic E-state index is 14.0. The summed E-state index contributed by atoms with van der Waals surface area (Å²) in [5.74, 6) is -0.943. The van der Waals surface area contributed by atoms with Crippen LogP contribution in [-0.4, -0.2) is 22.3 Å². The molecular formula is C27H23FN2O5S. The Morgan fingerprint density at radius 3 is 2.33 bits per heavy atom. The third-order valence-corrected chi connectivity index (χ3v) is 6.36. The third-order valence-electron chi connectivity index (χ3n) is 5.35. The molecule has 1 aromatic heterocycles. The number of carboxylic acids is 1. The van der Waals surface area contributed by atoms with Crippen molar-refractivity contribution in [3.63, 3.8) is 0 Å². The second-order valence-electron chi connectivity index (χ2n) is 8.01. The fourth-order valence-corrected chi connectivity index (χ4v) is 4.35. The second-order valence-corrected chi connectivity index (χ2v) is 9.15. The van der Waals surface area contributed by atoms with E-state index < -0.39 is 24.0 Å². The van der Waals surface area contributed by atoms with E-state index in [0.717, 1.165) is 15.4 Å². The van der Waals surface area contributed by atoms with E-state index in [0.29, 0.717) is 22.7 Å². The number of carbonyl (C=O) groups is 2. The second kappa shape index (κ2) is 11.1. The first kappa shape index (κ1) is 25.0. The van der Waals surface area contributed by atoms with Crippen LogP contribution in [0.3, 0.4) is 0 Å². The number of nitrogens with zero attached hydrogens (tertiary/aromatic N) is 1. The van der Waals surface area contributed by atoms with Crippen LogP contribution in [0.5, 0.6) is 0 Å². The number of hydrogen-bond acceptors (Lipinski definition) is 6. The van der Waals surface area contributed by atoms with Gasteiger partial charge in [0.15, 0.2) is 5.76 Å². The quantitative estimate of drug-likeness (QED) is 0.269. The molecule has 0 saturated heterocycles. The fraction of sp³-hybridized carbons (Fsp3) is 0.148. The first-order chi connectivity index (χ1) is 17.3. The molecule has 1 heterocycles. The molecule has 0 saturated carbocycles. The van der Waals surface area contributed by atoms with Crippen LogP contribution >= 0.6 is 11.8 Å². The van der Waals surface area contributed by atoms with Gasteiger partial charge in [-0.25, -0.2) is 9.18 Å². The van der Waals surface area contributed by atoms with Gasteiger partial charge in [0.1, 0.15) is 23.3 Å². The number of nitrogens with one attached hydrogen (secondary N) is 1. The van der Waals surface area contributed by atoms with Gasteiger partial charge in [0.2, 0.25) is 0 Å². The molecule has 1 unspecified atom stereocenters. The van der Waals surface area contributed by atoms with Crippen LogP contribution in [0.15, 0.2) is 87.1 Å². The third kappa shape index (κ3) is 6.11. The molecule has 4 rings (SSSR count). The van der Waals surface area contributed by atoms with Crippen LogP contribution in [-0.2, 0) is 16.0 Å². The van der Waals surface area contributed by atoms with Crippen LogP contribution in [0.2, 0.25) is 0 Å². The van der Waals surface area contributed by atoms with Gasteiger partial charge in [-0.1, -0.05) is 47.3 Å². The summed E-state index contributed by atoms with van der Waals surface area (Å²) >= 11 is 1.53. The predicted molar refractivity (Wildman–Crippen MR) is 133 cm³/mol. The van der Waals surface area contributed by atoms with E-state index in [2.05, 4.69) is 10.5 Å². The Balaban J connectivity index is 1.43. The number of carboxylic acid groups (broad SMARTS) is 1. The number of aryl methyl sites for hydroxylation is 1. The maximum absolute atomic E-state index is 14.0. The molecule has 1 atom stereocenters. The van der Waals surface area contributed by atoms with Crippen molar-refractivity contribution >= 4 is 29.5 Å². The van der Waals surface area contributed by atoms with E-state index in [1.54, 1.807) is 44.2 Å². The molecule has 36 heavy (non-hydrogen) atoms. The summed E-state index contributed by atoms with van der Waals surface area (Å²) in [5, 5.41) is 15.5. The van der Waals surface area contributed by atoms with Gasteiger partial charge in [0.25, 0.3) is 0 Å². The fourth-order valence-electron chi connectivity index (χ4n) is 3.53. The monoisotopic (exact) mass is 506 g/mol. The van der Waals surface area contributed by atoms with Gasteiger partial charge in [0.05, 0.1) is 6.42 Å². The Morgan fingerprint density at radius 2 is 1.69 bits per heavy atom. The van der Waals surface area contributed by atoms with Gasteiger partial charge in [-0.05, 0) is 61.9 Å². The van der Waals surface area contributed by atoms with Gasteiger partial charge in [-0.2, -0.15) is 0 Å². The van der Waals surface area contributed by atoms with Crippen LogP contribution in [0, 0.1) is 12.7 Å². The number of anilines is 1. The van der Waals surface area contributed by atoms with E-state index in [-0.39, 0.29) is 12.0 Å². The number of carbonyl (C=O) groups excluding carboxylic acids is 1. The standard InChI is InChI=1S/C27H23FN2O5S/c1-16-25(29-27(33)34-17(2)22-5-3-4-6-23(22)28)26(35-30-16)19-9-13-21(14-10-19)36-20-11-7-18(8-12-20)15-24(31)32/h3-14,17H,15H2,1-2H3,(H,29,33)(H,31,32). The van der Waals surface area contributed by atoms with Crippen LogP contribution in [0.1, 0.15) is 29.8 Å². The zero-order valence-corrected chi connectivity index (χ0v) is 20.3. The number of ether oxygens (including phenoxy) is 1. The van der Waals surface area contributed by atoms with Crippen LogP contribution in [0.4, 0.5) is 14.9 Å². The molecule has 9 heteroatoms. The van der Waals surface area contributed by atoms with E-state index in [1.165, 1.54) is 17.8 Å². The van der Waals surface area contributed by atoms with Crippen molar-refractivity contribution in [2.75, 3.05) is 5.32 Å². The van der Waals surface area contributed by atoms with Gasteiger partial charge >= 0.3 is 12.1 Å². The molecule has 0 spiro atoms. The molecule has 0 aliphatic heterocycles. The number of rotatable bonds is 8. The number of hydrogen-bond donors (Lipinski definition) is 2. The molecule has 0 radical (unpaired) electrons. The highest BCUT2D eigenvalue weighted by Crippen LogP contribution is 2.34. The SMILES string of the molecule is Cc1noc(-c2ccc(Sc3ccc(CC(=O)O)cc3)cc2)c1NC(=O)OC(C)c1ccccc1F. The zero-order valence-electron chi connectivity index (χ0n) is 19.5. The van der Waals surface area contributed by atoms with E-state index in [9.17, 15) is 14.0 Å². The van der Waals surface area contributed by atoms with Crippen molar-refractivity contribution < 1.29 is 28.3 Å². The van der Waals surface area contributed by atoms with Crippen molar-refractivity contribution in [3.05, 3.63) is 95.4 Å². The van der Waals surface area contributed by atoms with Crippen LogP contribution < -0.4 is 5.32 Å². The lowest BCUT2D eigenvalue weighted by molar-refractivity contribution is -0.136. The summed E-state index contributed by atoms with van der Waals surface area (Å²) < 4.78 is 24.8. The zero-order chi connectivity index (χ0) is 25.7. The molecule has 3 aromatic carbocycles. The molecule has 184 valence electrons. The van der Waals surface area contributed by atoms with Crippen molar-refractivity contribution in [1.29, 1.82) is 0 Å². The molecule has 0 bridgehead atoms. The Bertz CT molecular complexity index is 1370. The van der Waals surface area contributed by atoms with Crippen LogP contribution in [0.25, 0.3) is 11.3 Å². The minimum Gasteiger partial charge on any atom is -0.481 e. The smallest absolute Gasteiger partial charge is 0.412 e. The number of benzene rings is 3. The average molecular weight is 507 g/mol. The minimum atomic E-state index is -0.865. The Morgan fingerprint density at radius 1 is 1.06 bits per heavy atom. The van der Waals surface area contributed by atoms with Gasteiger partial charge < -0.3 is 14.4 Å². The van der Waals surface area contributed by atoms with Gasteiger partial charge in [-0.15, -0.1) is 0 Å². The number of aromatic nitrogens is 1. The summed E-state index contributed by atoms with van der Waals surface area (Å²) in [6.07, 6.45) is -1.55. The van der Waals surface area contributed by atoms with E-state index in [1.807, 2.05) is 36.4 Å². The number of halogens is 1. The summed E-state index contributed by atoms with van der Waals surface area (Å²) in [6, 6.07) is 21.0. The van der Waals surface area contributed by atoms with E-state index in [4.69, 9.17) is 14.4 Å². The minimum absolute atomic E-state index is 0.0117. The molecule has 4 aromatic rings. The first-order valence-corrected chi connectivity index (χ1v) is 11.9. The van der Waals surface area contributed by atoms with Crippen molar-refractivity contribution in [2.45, 2.75) is 36.2 Å². The highest BCUT2D eigenvalue weighted by atomic mass is 32.2. The first-order valence-electron chi connectivity index (χ1n) is 11.1. The van der Waals surface area contributed by atoms with E-state index >= 15 is 0 Å². The molecule has 1 amide bonds. The van der Waals surface area contributed by atoms with Crippen molar-refractivity contribution in [1.82, 2.24) is 5.16 Å². The normalized spacial score (nSPS) is 11.6. The van der Waals surface area contributed by atoms with Crippen molar-refractivity contribution in [2.24, 2.45) is 0 Å². The topological polar surface area (TPSA) is 102 Å². The maximum Gasteiger partial charge on any atom is 0.412 e. The Hall–Kier alpha value is -4.11.